The Balaban J connectivity index is 2.22. The number of benzene rings is 2. The molecule has 0 aliphatic rings. The van der Waals surface area contributed by atoms with E-state index in [4.69, 9.17) is 27.9 Å². The van der Waals surface area contributed by atoms with E-state index in [1.807, 2.05) is 24.3 Å². The largest absolute Gasteiger partial charge is 0.483 e. The first-order valence-electron chi connectivity index (χ1n) is 9.41. The predicted molar refractivity (Wildman–Crippen MR) is 117 cm³/mol. The van der Waals surface area contributed by atoms with Crippen LogP contribution in [0.3, 0.4) is 0 Å². The van der Waals surface area contributed by atoms with E-state index < -0.39 is 6.04 Å². The molecule has 2 rings (SSSR count). The number of nitrogens with one attached hydrogen (secondary N) is 1. The minimum absolute atomic E-state index is 0.165. The van der Waals surface area contributed by atoms with Crippen molar-refractivity contribution >= 4 is 35.0 Å². The molecule has 0 aliphatic heterocycles. The highest BCUT2D eigenvalue weighted by Crippen LogP contribution is 2.26. The molecule has 1 N–H and O–H groups in total. The van der Waals surface area contributed by atoms with Gasteiger partial charge >= 0.3 is 0 Å². The third-order valence-electron chi connectivity index (χ3n) is 4.66. The lowest BCUT2D eigenvalue weighted by molar-refractivity contribution is -0.142. The number of amides is 2. The summed E-state index contributed by atoms with van der Waals surface area (Å²) in [6, 6.07) is 12.0. The summed E-state index contributed by atoms with van der Waals surface area (Å²) in [6.45, 7) is 5.77. The molecule has 0 fully saturated rings. The van der Waals surface area contributed by atoms with Gasteiger partial charge in [0.05, 0.1) is 0 Å². The molecule has 7 heteroatoms. The molecule has 0 heterocycles. The third kappa shape index (κ3) is 6.12. The Morgan fingerprint density at radius 3 is 2.41 bits per heavy atom. The van der Waals surface area contributed by atoms with Crippen LogP contribution in [0.2, 0.25) is 10.0 Å². The van der Waals surface area contributed by atoms with Crippen LogP contribution in [0.1, 0.15) is 37.8 Å². The van der Waals surface area contributed by atoms with E-state index >= 15 is 0 Å². The normalized spacial score (nSPS) is 11.8. The van der Waals surface area contributed by atoms with Crippen molar-refractivity contribution in [1.82, 2.24) is 10.2 Å². The summed E-state index contributed by atoms with van der Waals surface area (Å²) in [5.41, 5.74) is 1.72. The second-order valence-corrected chi connectivity index (χ2v) is 7.87. The number of hydrogen-bond donors (Lipinski definition) is 1. The Hall–Kier alpha value is -2.24. The molecule has 1 atom stereocenters. The maximum Gasteiger partial charge on any atom is 0.261 e. The quantitative estimate of drug-likeness (QED) is 0.654. The maximum atomic E-state index is 13.0. The zero-order valence-electron chi connectivity index (χ0n) is 17.0. The van der Waals surface area contributed by atoms with Gasteiger partial charge in [-0.25, -0.2) is 0 Å². The summed E-state index contributed by atoms with van der Waals surface area (Å²) in [4.78, 5) is 26.6. The van der Waals surface area contributed by atoms with Crippen molar-refractivity contribution in [2.24, 2.45) is 0 Å². The molecule has 0 bridgehead atoms. The van der Waals surface area contributed by atoms with Gasteiger partial charge < -0.3 is 15.0 Å². The molecule has 29 heavy (non-hydrogen) atoms. The fourth-order valence-corrected chi connectivity index (χ4v) is 3.40. The molecule has 156 valence electrons. The monoisotopic (exact) mass is 436 g/mol. The van der Waals surface area contributed by atoms with Gasteiger partial charge in [0.1, 0.15) is 11.8 Å². The fraction of sp³-hybridized carbons (Fsp3) is 0.364. The molecule has 2 aromatic rings. The molecule has 0 spiro atoms. The average molecular weight is 437 g/mol. The third-order valence-corrected chi connectivity index (χ3v) is 5.25. The average Bonchev–Trinajstić information content (AvgIpc) is 2.70. The highest BCUT2D eigenvalue weighted by Gasteiger charge is 2.26. The standard InChI is InChI=1S/C22H26Cl2N2O3/c1-14(2)18-7-5-6-8-20(18)29-13-21(27)26(15(3)22(28)25-4)12-16-9-10-17(23)11-19(16)24/h5-11,14-15H,12-13H2,1-4H3,(H,25,28)/t15-/m0/s1. The first-order chi connectivity index (χ1) is 13.7. The van der Waals surface area contributed by atoms with E-state index in [0.29, 0.717) is 21.4 Å². The number of carbonyl (C=O) groups is 2. The number of nitrogens with zero attached hydrogens (tertiary/aromatic N) is 1. The zero-order valence-corrected chi connectivity index (χ0v) is 18.6. The zero-order chi connectivity index (χ0) is 21.6. The van der Waals surface area contributed by atoms with Crippen LogP contribution in [0.25, 0.3) is 0 Å². The van der Waals surface area contributed by atoms with Crippen LogP contribution in [0.5, 0.6) is 5.75 Å². The highest BCUT2D eigenvalue weighted by atomic mass is 35.5. The molecule has 0 saturated carbocycles. The SMILES string of the molecule is CNC(=O)[C@H](C)N(Cc1ccc(Cl)cc1Cl)C(=O)COc1ccccc1C(C)C. The van der Waals surface area contributed by atoms with Gasteiger partial charge in [0.25, 0.3) is 5.91 Å². The molecule has 2 amide bonds. The Labute approximate surface area is 181 Å². The van der Waals surface area contributed by atoms with Gasteiger partial charge in [-0.1, -0.05) is 61.3 Å². The van der Waals surface area contributed by atoms with Gasteiger partial charge in [0.15, 0.2) is 6.61 Å². The van der Waals surface area contributed by atoms with Crippen molar-refractivity contribution in [3.8, 4) is 5.75 Å². The number of carbonyl (C=O) groups excluding carboxylic acids is 2. The molecule has 0 unspecified atom stereocenters. The topological polar surface area (TPSA) is 58.6 Å². The van der Waals surface area contributed by atoms with Crippen molar-refractivity contribution in [2.75, 3.05) is 13.7 Å². The number of halogens is 2. The molecule has 0 aliphatic carbocycles. The summed E-state index contributed by atoms with van der Waals surface area (Å²) < 4.78 is 5.81. The van der Waals surface area contributed by atoms with Crippen LogP contribution in [0.4, 0.5) is 0 Å². The number of likely N-dealkylation sites (N-methyl/N-ethyl adjacent to an activating group) is 1. The van der Waals surface area contributed by atoms with Gasteiger partial charge in [-0.15, -0.1) is 0 Å². The van der Waals surface area contributed by atoms with Gasteiger partial charge in [-0.2, -0.15) is 0 Å². The van der Waals surface area contributed by atoms with Crippen LogP contribution in [0.15, 0.2) is 42.5 Å². The molecular weight excluding hydrogens is 411 g/mol. The highest BCUT2D eigenvalue weighted by molar-refractivity contribution is 6.35. The van der Waals surface area contributed by atoms with E-state index in [2.05, 4.69) is 19.2 Å². The minimum Gasteiger partial charge on any atom is -0.483 e. The molecular formula is C22H26Cl2N2O3. The Bertz CT molecular complexity index is 871. The molecule has 2 aromatic carbocycles. The van der Waals surface area contributed by atoms with Crippen LogP contribution >= 0.6 is 23.2 Å². The summed E-state index contributed by atoms with van der Waals surface area (Å²) in [6.07, 6.45) is 0. The summed E-state index contributed by atoms with van der Waals surface area (Å²) in [5, 5.41) is 3.52. The summed E-state index contributed by atoms with van der Waals surface area (Å²) in [5.74, 6) is 0.333. The van der Waals surface area contributed by atoms with Crippen LogP contribution in [0, 0.1) is 0 Å². The van der Waals surface area contributed by atoms with Crippen molar-refractivity contribution in [2.45, 2.75) is 39.3 Å². The molecule has 5 nitrogen and oxygen atoms in total. The van der Waals surface area contributed by atoms with Crippen LogP contribution in [-0.4, -0.2) is 36.4 Å². The lowest BCUT2D eigenvalue weighted by Gasteiger charge is -2.29. The van der Waals surface area contributed by atoms with E-state index in [-0.39, 0.29) is 30.9 Å². The number of para-hydroxylation sites is 1. The lowest BCUT2D eigenvalue weighted by Crippen LogP contribution is -2.48. The second-order valence-electron chi connectivity index (χ2n) is 7.03. The minimum atomic E-state index is -0.691. The van der Waals surface area contributed by atoms with Gasteiger partial charge in [-0.3, -0.25) is 9.59 Å². The first kappa shape index (κ1) is 23.0. The van der Waals surface area contributed by atoms with E-state index in [9.17, 15) is 9.59 Å². The molecule has 0 aromatic heterocycles. The lowest BCUT2D eigenvalue weighted by atomic mass is 10.0. The maximum absolute atomic E-state index is 13.0. The van der Waals surface area contributed by atoms with Gasteiger partial charge in [-0.05, 0) is 42.2 Å². The van der Waals surface area contributed by atoms with E-state index in [1.165, 1.54) is 11.9 Å². The van der Waals surface area contributed by atoms with E-state index in [0.717, 1.165) is 5.56 Å². The number of rotatable bonds is 8. The second kappa shape index (κ2) is 10.5. The van der Waals surface area contributed by atoms with Gasteiger partial charge in [0.2, 0.25) is 5.91 Å². The Kier molecular flexibility index (Phi) is 8.35. The first-order valence-corrected chi connectivity index (χ1v) is 10.2. The molecule has 0 saturated heterocycles. The van der Waals surface area contributed by atoms with Crippen molar-refractivity contribution < 1.29 is 14.3 Å². The summed E-state index contributed by atoms with van der Waals surface area (Å²) >= 11 is 12.2. The number of hydrogen-bond acceptors (Lipinski definition) is 3. The smallest absolute Gasteiger partial charge is 0.261 e. The Morgan fingerprint density at radius 1 is 1.10 bits per heavy atom. The van der Waals surface area contributed by atoms with Crippen LogP contribution in [-0.2, 0) is 16.1 Å². The Morgan fingerprint density at radius 2 is 1.79 bits per heavy atom. The van der Waals surface area contributed by atoms with Crippen molar-refractivity contribution in [3.05, 3.63) is 63.6 Å². The number of ether oxygens (including phenoxy) is 1. The predicted octanol–water partition coefficient (Wildman–Crippen LogP) is 4.66. The molecule has 0 radical (unpaired) electrons. The van der Waals surface area contributed by atoms with Crippen molar-refractivity contribution in [3.63, 3.8) is 0 Å². The van der Waals surface area contributed by atoms with E-state index in [1.54, 1.807) is 25.1 Å². The fourth-order valence-electron chi connectivity index (χ4n) is 2.94. The van der Waals surface area contributed by atoms with Crippen molar-refractivity contribution in [1.29, 1.82) is 0 Å². The van der Waals surface area contributed by atoms with Gasteiger partial charge in [0, 0.05) is 23.6 Å². The van der Waals surface area contributed by atoms with Crippen LogP contribution < -0.4 is 10.1 Å². The summed E-state index contributed by atoms with van der Waals surface area (Å²) in [7, 11) is 1.53.